The predicted molar refractivity (Wildman–Crippen MR) is 53.5 cm³/mol. The Morgan fingerprint density at radius 1 is 1.44 bits per heavy atom. The number of urea groups is 1. The maximum absolute atomic E-state index is 11.2. The van der Waals surface area contributed by atoms with Crippen molar-refractivity contribution in [3.05, 3.63) is 12.4 Å². The van der Waals surface area contributed by atoms with Crippen LogP contribution in [0.2, 0.25) is 0 Å². The minimum Gasteiger partial charge on any atom is -0.465 e. The molecule has 0 saturated carbocycles. The summed E-state index contributed by atoms with van der Waals surface area (Å²) in [6.07, 6.45) is 2.76. The molecule has 0 unspecified atom stereocenters. The molecule has 0 atom stereocenters. The van der Waals surface area contributed by atoms with Crippen LogP contribution in [0.4, 0.5) is 10.7 Å². The smallest absolute Gasteiger partial charge is 0.325 e. The van der Waals surface area contributed by atoms with Gasteiger partial charge in [-0.05, 0) is 6.92 Å². The fourth-order valence-corrected chi connectivity index (χ4v) is 0.815. The predicted octanol–water partition coefficient (Wildman–Crippen LogP) is -0.444. The number of hydrogen-bond acceptors (Lipinski definition) is 6. The second kappa shape index (κ2) is 6.27. The van der Waals surface area contributed by atoms with Gasteiger partial charge < -0.3 is 10.1 Å². The number of anilines is 1. The molecule has 0 aliphatic carbocycles. The van der Waals surface area contributed by atoms with Gasteiger partial charge in [-0.2, -0.15) is 5.10 Å². The summed E-state index contributed by atoms with van der Waals surface area (Å²) in [5, 5.41) is 11.6. The van der Waals surface area contributed by atoms with E-state index in [1.54, 1.807) is 6.92 Å². The molecular weight excluding hydrogens is 214 g/mol. The Hall–Kier alpha value is -2.25. The van der Waals surface area contributed by atoms with E-state index >= 15 is 0 Å². The Morgan fingerprint density at radius 3 is 2.88 bits per heavy atom. The third-order valence-corrected chi connectivity index (χ3v) is 1.41. The molecule has 8 nitrogen and oxygen atoms in total. The molecule has 8 heteroatoms. The van der Waals surface area contributed by atoms with Crippen molar-refractivity contribution in [1.82, 2.24) is 20.5 Å². The summed E-state index contributed by atoms with van der Waals surface area (Å²) in [5.41, 5.74) is 0. The highest BCUT2D eigenvalue weighted by molar-refractivity contribution is 5.89. The number of aromatic nitrogens is 3. The second-order valence-electron chi connectivity index (χ2n) is 2.58. The molecule has 0 spiro atoms. The summed E-state index contributed by atoms with van der Waals surface area (Å²) in [4.78, 5) is 25.8. The van der Waals surface area contributed by atoms with E-state index in [4.69, 9.17) is 0 Å². The van der Waals surface area contributed by atoms with Gasteiger partial charge in [0.15, 0.2) is 0 Å². The highest BCUT2D eigenvalue weighted by atomic mass is 16.5. The van der Waals surface area contributed by atoms with Crippen LogP contribution in [0.15, 0.2) is 12.4 Å². The SMILES string of the molecule is CCOC(=O)CNC(=O)Nc1nccnn1. The zero-order chi connectivity index (χ0) is 11.8. The molecule has 0 aliphatic heterocycles. The normalized spacial score (nSPS) is 9.31. The van der Waals surface area contributed by atoms with Gasteiger partial charge in [0, 0.05) is 0 Å². The van der Waals surface area contributed by atoms with Gasteiger partial charge in [-0.1, -0.05) is 0 Å². The van der Waals surface area contributed by atoms with E-state index in [1.807, 2.05) is 0 Å². The van der Waals surface area contributed by atoms with Crippen molar-refractivity contribution in [2.45, 2.75) is 6.92 Å². The van der Waals surface area contributed by atoms with E-state index < -0.39 is 12.0 Å². The van der Waals surface area contributed by atoms with Crippen LogP contribution in [0, 0.1) is 0 Å². The molecule has 0 aromatic carbocycles. The Bertz CT molecular complexity index is 356. The van der Waals surface area contributed by atoms with Crippen molar-refractivity contribution >= 4 is 17.9 Å². The Morgan fingerprint density at radius 2 is 2.25 bits per heavy atom. The third kappa shape index (κ3) is 4.31. The minimum absolute atomic E-state index is 0.0591. The van der Waals surface area contributed by atoms with Gasteiger partial charge >= 0.3 is 12.0 Å². The standard InChI is InChI=1S/C8H11N5O3/c1-2-16-6(14)5-10-8(15)12-7-9-3-4-11-13-7/h3-4H,2,5H2,1H3,(H2,9,10,12,13,15). The average molecular weight is 225 g/mol. The second-order valence-corrected chi connectivity index (χ2v) is 2.58. The van der Waals surface area contributed by atoms with Crippen molar-refractivity contribution in [3.63, 3.8) is 0 Å². The summed E-state index contributed by atoms with van der Waals surface area (Å²) in [6, 6.07) is -0.596. The monoisotopic (exact) mass is 225 g/mol. The minimum atomic E-state index is -0.596. The number of rotatable bonds is 4. The van der Waals surface area contributed by atoms with E-state index in [0.29, 0.717) is 0 Å². The Balaban J connectivity index is 2.29. The number of carbonyl (C=O) groups is 2. The first-order chi connectivity index (χ1) is 7.72. The van der Waals surface area contributed by atoms with Crippen LogP contribution in [0.5, 0.6) is 0 Å². The Labute approximate surface area is 91.4 Å². The fraction of sp³-hybridized carbons (Fsp3) is 0.375. The van der Waals surface area contributed by atoms with Gasteiger partial charge in [-0.3, -0.25) is 10.1 Å². The number of amides is 2. The van der Waals surface area contributed by atoms with Crippen molar-refractivity contribution < 1.29 is 14.3 Å². The number of nitrogens with one attached hydrogen (secondary N) is 2. The first-order valence-electron chi connectivity index (χ1n) is 4.56. The summed E-state index contributed by atoms with van der Waals surface area (Å²) < 4.78 is 4.62. The van der Waals surface area contributed by atoms with Gasteiger partial charge in [-0.15, -0.1) is 5.10 Å². The maximum Gasteiger partial charge on any atom is 0.325 e. The fourth-order valence-electron chi connectivity index (χ4n) is 0.815. The Kier molecular flexibility index (Phi) is 4.64. The van der Waals surface area contributed by atoms with Crippen LogP contribution < -0.4 is 10.6 Å². The zero-order valence-corrected chi connectivity index (χ0v) is 8.64. The molecule has 1 aromatic heterocycles. The van der Waals surface area contributed by atoms with E-state index in [2.05, 4.69) is 30.6 Å². The maximum atomic E-state index is 11.2. The number of carbonyl (C=O) groups excluding carboxylic acids is 2. The molecule has 86 valence electrons. The van der Waals surface area contributed by atoms with E-state index in [1.165, 1.54) is 12.4 Å². The number of nitrogens with zero attached hydrogens (tertiary/aromatic N) is 3. The lowest BCUT2D eigenvalue weighted by Crippen LogP contribution is -2.34. The largest absolute Gasteiger partial charge is 0.465 e. The van der Waals surface area contributed by atoms with Gasteiger partial charge in [-0.25, -0.2) is 9.78 Å². The van der Waals surface area contributed by atoms with Crippen LogP contribution in [-0.2, 0) is 9.53 Å². The summed E-state index contributed by atoms with van der Waals surface area (Å²) >= 11 is 0. The molecule has 1 heterocycles. The van der Waals surface area contributed by atoms with Crippen LogP contribution in [0.25, 0.3) is 0 Å². The molecule has 2 amide bonds. The van der Waals surface area contributed by atoms with Crippen molar-refractivity contribution in [1.29, 1.82) is 0 Å². The molecule has 1 aromatic rings. The third-order valence-electron chi connectivity index (χ3n) is 1.41. The van der Waals surface area contributed by atoms with Crippen LogP contribution in [-0.4, -0.2) is 40.3 Å². The zero-order valence-electron chi connectivity index (χ0n) is 8.64. The quantitative estimate of drug-likeness (QED) is 0.672. The molecule has 0 radical (unpaired) electrons. The van der Waals surface area contributed by atoms with Crippen LogP contribution >= 0.6 is 0 Å². The highest BCUT2D eigenvalue weighted by Gasteiger charge is 2.06. The van der Waals surface area contributed by atoms with E-state index in [0.717, 1.165) is 0 Å². The molecule has 0 aliphatic rings. The molecule has 16 heavy (non-hydrogen) atoms. The number of hydrogen-bond donors (Lipinski definition) is 2. The van der Waals surface area contributed by atoms with Gasteiger partial charge in [0.05, 0.1) is 19.0 Å². The molecule has 1 rings (SSSR count). The van der Waals surface area contributed by atoms with Crippen molar-refractivity contribution in [3.8, 4) is 0 Å². The van der Waals surface area contributed by atoms with E-state index in [9.17, 15) is 9.59 Å². The van der Waals surface area contributed by atoms with Crippen LogP contribution in [0.1, 0.15) is 6.92 Å². The van der Waals surface area contributed by atoms with Crippen LogP contribution in [0.3, 0.4) is 0 Å². The van der Waals surface area contributed by atoms with Gasteiger partial charge in [0.1, 0.15) is 6.54 Å². The lowest BCUT2D eigenvalue weighted by molar-refractivity contribution is -0.141. The highest BCUT2D eigenvalue weighted by Crippen LogP contribution is 1.90. The first kappa shape index (κ1) is 11.8. The van der Waals surface area contributed by atoms with Gasteiger partial charge in [0.25, 0.3) is 5.95 Å². The molecule has 2 N–H and O–H groups in total. The van der Waals surface area contributed by atoms with Gasteiger partial charge in [0.2, 0.25) is 0 Å². The lowest BCUT2D eigenvalue weighted by Gasteiger charge is -2.04. The number of esters is 1. The lowest BCUT2D eigenvalue weighted by atomic mass is 10.6. The van der Waals surface area contributed by atoms with Crippen molar-refractivity contribution in [2.24, 2.45) is 0 Å². The van der Waals surface area contributed by atoms with E-state index in [-0.39, 0.29) is 19.1 Å². The molecular formula is C8H11N5O3. The first-order valence-corrected chi connectivity index (χ1v) is 4.56. The number of ether oxygens (including phenoxy) is 1. The summed E-state index contributed by atoms with van der Waals surface area (Å²) in [7, 11) is 0. The average Bonchev–Trinajstić information content (AvgIpc) is 2.28. The summed E-state index contributed by atoms with van der Waals surface area (Å²) in [6.45, 7) is 1.75. The molecule has 0 saturated heterocycles. The molecule has 0 fully saturated rings. The van der Waals surface area contributed by atoms with Crippen molar-refractivity contribution in [2.75, 3.05) is 18.5 Å². The topological polar surface area (TPSA) is 106 Å². The summed E-state index contributed by atoms with van der Waals surface area (Å²) in [5.74, 6) is -0.450. The molecule has 0 bridgehead atoms.